The van der Waals surface area contributed by atoms with E-state index in [2.05, 4.69) is 28.6 Å². The molecule has 0 saturated heterocycles. The van der Waals surface area contributed by atoms with Gasteiger partial charge in [0, 0.05) is 12.2 Å². The molecule has 4 unspecified atom stereocenters. The fraction of sp³-hybridized carbons (Fsp3) is 0.667. The molecule has 0 aliphatic rings. The summed E-state index contributed by atoms with van der Waals surface area (Å²) in [6.45, 7) is 0.318. The van der Waals surface area contributed by atoms with Crippen LogP contribution in [0.15, 0.2) is 0 Å². The van der Waals surface area contributed by atoms with Gasteiger partial charge in [0.1, 0.15) is 18.1 Å². The number of carboxylic acids is 3. The summed E-state index contributed by atoms with van der Waals surface area (Å²) in [4.78, 5) is 70.7. The van der Waals surface area contributed by atoms with E-state index in [0.29, 0.717) is 19.4 Å². The van der Waals surface area contributed by atoms with Gasteiger partial charge in [-0.2, -0.15) is 12.6 Å². The smallest absolute Gasteiger partial charge is 0.326 e. The zero-order valence-corrected chi connectivity index (χ0v) is 18.8. The van der Waals surface area contributed by atoms with Crippen molar-refractivity contribution < 1.29 is 44.1 Å². The molecular formula is C18H31N5O9S. The minimum absolute atomic E-state index is 0.0327. The van der Waals surface area contributed by atoms with Crippen LogP contribution in [0.3, 0.4) is 0 Å². The zero-order valence-electron chi connectivity index (χ0n) is 17.9. The zero-order chi connectivity index (χ0) is 25.6. The first-order valence-electron chi connectivity index (χ1n) is 10.1. The number of carbonyl (C=O) groups is 6. The molecule has 14 nitrogen and oxygen atoms in total. The quantitative estimate of drug-likeness (QED) is 0.0741. The maximum absolute atomic E-state index is 12.6. The van der Waals surface area contributed by atoms with Gasteiger partial charge in [-0.1, -0.05) is 0 Å². The molecule has 0 rings (SSSR count). The second kappa shape index (κ2) is 15.8. The van der Waals surface area contributed by atoms with Crippen molar-refractivity contribution in [1.29, 1.82) is 0 Å². The number of aliphatic carboxylic acids is 3. The molecule has 0 heterocycles. The molecule has 0 aromatic carbocycles. The number of amides is 3. The van der Waals surface area contributed by atoms with Crippen LogP contribution in [0.1, 0.15) is 38.5 Å². The molecule has 0 aliphatic heterocycles. The molecule has 0 bridgehead atoms. The first-order valence-corrected chi connectivity index (χ1v) is 10.7. The molecule has 15 heteroatoms. The number of rotatable bonds is 17. The SMILES string of the molecule is NCCCCC(NC(=O)C(CC(=O)O)NC(=O)C(CCC(=O)O)NC(=O)C(N)CS)C(=O)O. The number of nitrogens with one attached hydrogen (secondary N) is 3. The number of thiol groups is 1. The van der Waals surface area contributed by atoms with E-state index in [1.807, 2.05) is 0 Å². The fourth-order valence-corrected chi connectivity index (χ4v) is 2.74. The van der Waals surface area contributed by atoms with Gasteiger partial charge < -0.3 is 42.7 Å². The van der Waals surface area contributed by atoms with Crippen LogP contribution >= 0.6 is 12.6 Å². The van der Waals surface area contributed by atoms with Crippen LogP contribution in [-0.4, -0.2) is 87.4 Å². The molecule has 33 heavy (non-hydrogen) atoms. The first kappa shape index (κ1) is 30.1. The highest BCUT2D eigenvalue weighted by molar-refractivity contribution is 7.80. The third kappa shape index (κ3) is 12.6. The topological polar surface area (TPSA) is 251 Å². The van der Waals surface area contributed by atoms with Gasteiger partial charge in [0.25, 0.3) is 0 Å². The van der Waals surface area contributed by atoms with Crippen molar-refractivity contribution in [3.05, 3.63) is 0 Å². The lowest BCUT2D eigenvalue weighted by Gasteiger charge is -2.24. The predicted octanol–water partition coefficient (Wildman–Crippen LogP) is -2.75. The van der Waals surface area contributed by atoms with E-state index in [1.54, 1.807) is 0 Å². The summed E-state index contributed by atoms with van der Waals surface area (Å²) in [7, 11) is 0. The third-order valence-electron chi connectivity index (χ3n) is 4.39. The maximum Gasteiger partial charge on any atom is 0.326 e. The van der Waals surface area contributed by atoms with Gasteiger partial charge in [0.05, 0.1) is 12.5 Å². The number of hydrogen-bond acceptors (Lipinski definition) is 9. The Balaban J connectivity index is 5.47. The standard InChI is InChI=1S/C18H31N5O9S/c19-6-2-1-3-11(18(31)32)22-17(30)12(7-14(26)27)23-16(29)10(4-5-13(24)25)21-15(28)9(20)8-33/h9-12,33H,1-8,19-20H2,(H,21,28)(H,22,30)(H,23,29)(H,24,25)(H,26,27)(H,31,32). The van der Waals surface area contributed by atoms with Gasteiger partial charge >= 0.3 is 17.9 Å². The Bertz CT molecular complexity index is 721. The van der Waals surface area contributed by atoms with E-state index in [1.165, 1.54) is 0 Å². The number of unbranched alkanes of at least 4 members (excludes halogenated alkanes) is 1. The lowest BCUT2D eigenvalue weighted by molar-refractivity contribution is -0.143. The molecule has 3 amide bonds. The highest BCUT2D eigenvalue weighted by atomic mass is 32.1. The Hall–Kier alpha value is -2.91. The van der Waals surface area contributed by atoms with Crippen molar-refractivity contribution in [3.8, 4) is 0 Å². The van der Waals surface area contributed by atoms with Crippen LogP contribution in [0, 0.1) is 0 Å². The van der Waals surface area contributed by atoms with E-state index in [0.717, 1.165) is 0 Å². The van der Waals surface area contributed by atoms with Gasteiger partial charge in [0.15, 0.2) is 0 Å². The minimum Gasteiger partial charge on any atom is -0.481 e. The second-order valence-electron chi connectivity index (χ2n) is 7.13. The van der Waals surface area contributed by atoms with Gasteiger partial charge in [-0.05, 0) is 32.2 Å². The summed E-state index contributed by atoms with van der Waals surface area (Å²) < 4.78 is 0. The Labute approximate surface area is 195 Å². The molecule has 10 N–H and O–H groups in total. The van der Waals surface area contributed by atoms with Gasteiger partial charge in [0.2, 0.25) is 17.7 Å². The summed E-state index contributed by atoms with van der Waals surface area (Å²) >= 11 is 3.86. The Morgan fingerprint density at radius 2 is 1.30 bits per heavy atom. The molecule has 0 saturated carbocycles. The highest BCUT2D eigenvalue weighted by Crippen LogP contribution is 2.05. The number of hydrogen-bond donors (Lipinski definition) is 9. The Morgan fingerprint density at radius 1 is 0.758 bits per heavy atom. The molecule has 188 valence electrons. The van der Waals surface area contributed by atoms with Crippen LogP contribution in [0.2, 0.25) is 0 Å². The van der Waals surface area contributed by atoms with Crippen molar-refractivity contribution in [2.24, 2.45) is 11.5 Å². The number of carbonyl (C=O) groups excluding carboxylic acids is 3. The van der Waals surface area contributed by atoms with Crippen molar-refractivity contribution in [2.75, 3.05) is 12.3 Å². The summed E-state index contributed by atoms with van der Waals surface area (Å²) in [5, 5.41) is 33.8. The van der Waals surface area contributed by atoms with Crippen LogP contribution in [0.4, 0.5) is 0 Å². The third-order valence-corrected chi connectivity index (χ3v) is 4.78. The minimum atomic E-state index is -1.69. The van der Waals surface area contributed by atoms with Crippen molar-refractivity contribution in [3.63, 3.8) is 0 Å². The molecule has 0 spiro atoms. The van der Waals surface area contributed by atoms with Gasteiger partial charge in [-0.3, -0.25) is 24.0 Å². The number of nitrogens with two attached hydrogens (primary N) is 2. The van der Waals surface area contributed by atoms with E-state index >= 15 is 0 Å². The normalized spacial score (nSPS) is 14.3. The summed E-state index contributed by atoms with van der Waals surface area (Å²) in [5.74, 6) is -7.05. The lowest BCUT2D eigenvalue weighted by Crippen LogP contribution is -2.57. The highest BCUT2D eigenvalue weighted by Gasteiger charge is 2.31. The van der Waals surface area contributed by atoms with Crippen LogP contribution in [-0.2, 0) is 28.8 Å². The van der Waals surface area contributed by atoms with E-state index in [4.69, 9.17) is 21.7 Å². The van der Waals surface area contributed by atoms with Gasteiger partial charge in [-0.15, -0.1) is 0 Å². The first-order chi connectivity index (χ1) is 15.4. The van der Waals surface area contributed by atoms with E-state index in [9.17, 15) is 33.9 Å². The Kier molecular flexibility index (Phi) is 14.4. The molecule has 0 aromatic heterocycles. The molecule has 0 aliphatic carbocycles. The average molecular weight is 494 g/mol. The van der Waals surface area contributed by atoms with Gasteiger partial charge in [-0.25, -0.2) is 4.79 Å². The second-order valence-corrected chi connectivity index (χ2v) is 7.49. The van der Waals surface area contributed by atoms with Crippen molar-refractivity contribution in [2.45, 2.75) is 62.7 Å². The predicted molar refractivity (Wildman–Crippen MR) is 117 cm³/mol. The summed E-state index contributed by atoms with van der Waals surface area (Å²) in [5.41, 5.74) is 10.9. The van der Waals surface area contributed by atoms with E-state index < -0.39 is 72.6 Å². The van der Waals surface area contributed by atoms with Crippen molar-refractivity contribution in [1.82, 2.24) is 16.0 Å². The molecule has 0 radical (unpaired) electrons. The fourth-order valence-electron chi connectivity index (χ4n) is 2.58. The van der Waals surface area contributed by atoms with Crippen LogP contribution in [0.25, 0.3) is 0 Å². The lowest BCUT2D eigenvalue weighted by atomic mass is 10.1. The summed E-state index contributed by atoms with van der Waals surface area (Å²) in [6.07, 6.45) is -0.850. The number of carboxylic acid groups (broad SMARTS) is 3. The van der Waals surface area contributed by atoms with Crippen LogP contribution in [0.5, 0.6) is 0 Å². The van der Waals surface area contributed by atoms with Crippen molar-refractivity contribution >= 4 is 48.3 Å². The largest absolute Gasteiger partial charge is 0.481 e. The molecule has 4 atom stereocenters. The average Bonchev–Trinajstić information content (AvgIpc) is 2.73. The monoisotopic (exact) mass is 493 g/mol. The molecule has 0 aromatic rings. The Morgan fingerprint density at radius 3 is 1.79 bits per heavy atom. The summed E-state index contributed by atoms with van der Waals surface area (Å²) in [6, 6.07) is -5.57. The molecule has 0 fully saturated rings. The molecular weight excluding hydrogens is 462 g/mol. The maximum atomic E-state index is 12.6. The van der Waals surface area contributed by atoms with Crippen LogP contribution < -0.4 is 27.4 Å². The van der Waals surface area contributed by atoms with E-state index in [-0.39, 0.29) is 18.6 Å².